The van der Waals surface area contributed by atoms with E-state index >= 15 is 0 Å². The first-order valence-electron chi connectivity index (χ1n) is 6.07. The van der Waals surface area contributed by atoms with Crippen LogP contribution in [-0.4, -0.2) is 9.78 Å². The molecule has 2 aromatic rings. The van der Waals surface area contributed by atoms with E-state index in [-0.39, 0.29) is 4.68 Å². The zero-order chi connectivity index (χ0) is 14.0. The van der Waals surface area contributed by atoms with Crippen molar-refractivity contribution in [3.05, 3.63) is 53.3 Å². The maximum Gasteiger partial charge on any atom is 0.504 e. The van der Waals surface area contributed by atoms with Gasteiger partial charge in [-0.1, -0.05) is 38.1 Å². The molecule has 0 amide bonds. The van der Waals surface area contributed by atoms with Gasteiger partial charge in [-0.2, -0.15) is 9.78 Å². The predicted octanol–water partition coefficient (Wildman–Crippen LogP) is 4.07. The third-order valence-corrected chi connectivity index (χ3v) is 2.94. The lowest BCUT2D eigenvalue weighted by Gasteiger charge is -2.06. The minimum atomic E-state index is -4.44. The van der Waals surface area contributed by atoms with Crippen LogP contribution in [0.25, 0.3) is 0 Å². The molecular formula is C14H15F3N2. The second kappa shape index (κ2) is 5.07. The largest absolute Gasteiger partial charge is 0.504 e. The van der Waals surface area contributed by atoms with Crippen LogP contribution in [0.2, 0.25) is 0 Å². The quantitative estimate of drug-likeness (QED) is 0.820. The van der Waals surface area contributed by atoms with Gasteiger partial charge in [0.1, 0.15) is 0 Å². The van der Waals surface area contributed by atoms with Crippen LogP contribution in [0.15, 0.2) is 36.5 Å². The standard InChI is InChI=1S/C14H15F3N2/c1-10(2)12-5-3-11(4-6-12)9-13-7-8-19(18-13)14(15,16)17/h3-8,10H,9H2,1-2H3. The van der Waals surface area contributed by atoms with E-state index in [1.54, 1.807) is 0 Å². The van der Waals surface area contributed by atoms with Gasteiger partial charge in [-0.05, 0) is 23.1 Å². The third-order valence-electron chi connectivity index (χ3n) is 2.94. The van der Waals surface area contributed by atoms with Crippen LogP contribution < -0.4 is 0 Å². The van der Waals surface area contributed by atoms with Crippen LogP contribution in [0.1, 0.15) is 36.6 Å². The number of benzene rings is 1. The summed E-state index contributed by atoms with van der Waals surface area (Å²) in [6, 6.07) is 9.26. The van der Waals surface area contributed by atoms with E-state index in [1.807, 2.05) is 24.3 Å². The van der Waals surface area contributed by atoms with E-state index in [9.17, 15) is 13.2 Å². The van der Waals surface area contributed by atoms with Gasteiger partial charge in [0, 0.05) is 12.6 Å². The summed E-state index contributed by atoms with van der Waals surface area (Å²) in [5.74, 6) is 0.443. The van der Waals surface area contributed by atoms with Gasteiger partial charge in [-0.15, -0.1) is 13.2 Å². The summed E-state index contributed by atoms with van der Waals surface area (Å²) in [7, 11) is 0. The molecule has 5 heteroatoms. The second-order valence-corrected chi connectivity index (χ2v) is 4.79. The fourth-order valence-electron chi connectivity index (χ4n) is 1.83. The van der Waals surface area contributed by atoms with E-state index in [0.29, 0.717) is 18.0 Å². The number of nitrogens with zero attached hydrogens (tertiary/aromatic N) is 2. The number of rotatable bonds is 3. The van der Waals surface area contributed by atoms with Crippen molar-refractivity contribution in [1.82, 2.24) is 9.78 Å². The van der Waals surface area contributed by atoms with Crippen LogP contribution in [-0.2, 0) is 12.7 Å². The van der Waals surface area contributed by atoms with E-state index in [1.165, 1.54) is 11.6 Å². The van der Waals surface area contributed by atoms with Crippen molar-refractivity contribution in [2.75, 3.05) is 0 Å². The minimum absolute atomic E-state index is 0.0326. The Hall–Kier alpha value is -1.78. The molecule has 0 saturated carbocycles. The van der Waals surface area contributed by atoms with Gasteiger partial charge < -0.3 is 0 Å². The Morgan fingerprint density at radius 1 is 1.11 bits per heavy atom. The summed E-state index contributed by atoms with van der Waals surface area (Å²) in [5, 5.41) is 3.53. The Bertz CT molecular complexity index is 539. The van der Waals surface area contributed by atoms with Crippen molar-refractivity contribution in [2.24, 2.45) is 0 Å². The third kappa shape index (κ3) is 3.36. The van der Waals surface area contributed by atoms with Gasteiger partial charge in [0.25, 0.3) is 0 Å². The molecule has 0 spiro atoms. The fourth-order valence-corrected chi connectivity index (χ4v) is 1.83. The molecule has 1 aromatic heterocycles. The SMILES string of the molecule is CC(C)c1ccc(Cc2ccn(C(F)(F)F)n2)cc1. The summed E-state index contributed by atoms with van der Waals surface area (Å²) in [4.78, 5) is 0. The fraction of sp³-hybridized carbons (Fsp3) is 0.357. The van der Waals surface area contributed by atoms with Crippen molar-refractivity contribution in [3.63, 3.8) is 0 Å². The topological polar surface area (TPSA) is 17.8 Å². The first kappa shape index (κ1) is 13.6. The molecule has 2 nitrogen and oxygen atoms in total. The summed E-state index contributed by atoms with van der Waals surface area (Å²) < 4.78 is 37.2. The highest BCUT2D eigenvalue weighted by Crippen LogP contribution is 2.22. The molecule has 0 N–H and O–H groups in total. The van der Waals surface area contributed by atoms with E-state index in [0.717, 1.165) is 11.8 Å². The van der Waals surface area contributed by atoms with Crippen LogP contribution in [0.3, 0.4) is 0 Å². The van der Waals surface area contributed by atoms with Gasteiger partial charge >= 0.3 is 6.30 Å². The van der Waals surface area contributed by atoms with Crippen molar-refractivity contribution >= 4 is 0 Å². The second-order valence-electron chi connectivity index (χ2n) is 4.79. The maximum absolute atomic E-state index is 12.4. The van der Waals surface area contributed by atoms with Gasteiger partial charge in [-0.25, -0.2) is 0 Å². The van der Waals surface area contributed by atoms with E-state index < -0.39 is 6.30 Å². The first-order valence-corrected chi connectivity index (χ1v) is 6.07. The molecule has 0 fully saturated rings. The monoisotopic (exact) mass is 268 g/mol. The van der Waals surface area contributed by atoms with Crippen LogP contribution in [0, 0.1) is 0 Å². The highest BCUT2D eigenvalue weighted by Gasteiger charge is 2.31. The Balaban J connectivity index is 2.11. The van der Waals surface area contributed by atoms with Crippen LogP contribution >= 0.6 is 0 Å². The number of aromatic nitrogens is 2. The van der Waals surface area contributed by atoms with E-state index in [2.05, 4.69) is 18.9 Å². The molecule has 0 aliphatic carbocycles. The molecule has 102 valence electrons. The highest BCUT2D eigenvalue weighted by molar-refractivity contribution is 5.27. The molecule has 0 bridgehead atoms. The summed E-state index contributed by atoms with van der Waals surface area (Å²) >= 11 is 0. The molecular weight excluding hydrogens is 253 g/mol. The number of halogens is 3. The van der Waals surface area contributed by atoms with E-state index in [4.69, 9.17) is 0 Å². The zero-order valence-electron chi connectivity index (χ0n) is 10.8. The molecule has 0 aliphatic rings. The van der Waals surface area contributed by atoms with Gasteiger partial charge in [0.15, 0.2) is 0 Å². The summed E-state index contributed by atoms with van der Waals surface area (Å²) in [5.41, 5.74) is 2.58. The maximum atomic E-state index is 12.4. The highest BCUT2D eigenvalue weighted by atomic mass is 19.4. The van der Waals surface area contributed by atoms with Crippen LogP contribution in [0.4, 0.5) is 13.2 Å². The van der Waals surface area contributed by atoms with Crippen molar-refractivity contribution in [3.8, 4) is 0 Å². The smallest absolute Gasteiger partial charge is 0.179 e. The average molecular weight is 268 g/mol. The average Bonchev–Trinajstić information content (AvgIpc) is 2.78. The first-order chi connectivity index (χ1) is 8.86. The van der Waals surface area contributed by atoms with Crippen LogP contribution in [0.5, 0.6) is 0 Å². The normalized spacial score (nSPS) is 12.1. The Kier molecular flexibility index (Phi) is 3.64. The van der Waals surface area contributed by atoms with Gasteiger partial charge in [-0.3, -0.25) is 0 Å². The summed E-state index contributed by atoms with van der Waals surface area (Å²) in [6.07, 6.45) is -3.10. The number of hydrogen-bond acceptors (Lipinski definition) is 1. The lowest BCUT2D eigenvalue weighted by molar-refractivity contribution is -0.212. The van der Waals surface area contributed by atoms with Gasteiger partial charge in [0.2, 0.25) is 0 Å². The molecule has 2 rings (SSSR count). The molecule has 0 radical (unpaired) electrons. The lowest BCUT2D eigenvalue weighted by Crippen LogP contribution is -2.17. The van der Waals surface area contributed by atoms with Crippen molar-refractivity contribution in [2.45, 2.75) is 32.5 Å². The molecule has 1 aromatic carbocycles. The number of alkyl halides is 3. The Labute approximate surface area is 109 Å². The predicted molar refractivity (Wildman–Crippen MR) is 66.9 cm³/mol. The molecule has 0 unspecified atom stereocenters. The van der Waals surface area contributed by atoms with Gasteiger partial charge in [0.05, 0.1) is 5.69 Å². The lowest BCUT2D eigenvalue weighted by atomic mass is 10.0. The zero-order valence-corrected chi connectivity index (χ0v) is 10.8. The molecule has 0 saturated heterocycles. The molecule has 0 aliphatic heterocycles. The van der Waals surface area contributed by atoms with Crippen molar-refractivity contribution in [1.29, 1.82) is 0 Å². The Morgan fingerprint density at radius 3 is 2.21 bits per heavy atom. The Morgan fingerprint density at radius 2 is 1.74 bits per heavy atom. The number of hydrogen-bond donors (Lipinski definition) is 0. The van der Waals surface area contributed by atoms with Crippen molar-refractivity contribution < 1.29 is 13.2 Å². The molecule has 1 heterocycles. The summed E-state index contributed by atoms with van der Waals surface area (Å²) in [6.45, 7) is 4.19. The minimum Gasteiger partial charge on any atom is -0.179 e. The molecule has 19 heavy (non-hydrogen) atoms. The molecule has 0 atom stereocenters.